The molecule has 0 aliphatic carbocycles. The second-order valence-corrected chi connectivity index (χ2v) is 5.08. The third-order valence-corrected chi connectivity index (χ3v) is 3.46. The minimum absolute atomic E-state index is 0.0381. The number of carbonyl (C=O) groups excluding carboxylic acids is 1. The van der Waals surface area contributed by atoms with Crippen LogP contribution in [0.1, 0.15) is 18.6 Å². The highest BCUT2D eigenvalue weighted by atomic mass is 16.5. The van der Waals surface area contributed by atoms with Gasteiger partial charge in [-0.25, -0.2) is 0 Å². The SMILES string of the molecule is O=C(/C=C/c1ccco1)N1CCCC(Oc2cccnn2)C1. The van der Waals surface area contributed by atoms with Crippen LogP contribution in [0.15, 0.2) is 47.2 Å². The summed E-state index contributed by atoms with van der Waals surface area (Å²) >= 11 is 0. The maximum Gasteiger partial charge on any atom is 0.246 e. The van der Waals surface area contributed by atoms with Crippen LogP contribution < -0.4 is 4.74 Å². The van der Waals surface area contributed by atoms with Crippen LogP contribution >= 0.6 is 0 Å². The molecule has 6 nitrogen and oxygen atoms in total. The minimum atomic E-state index is -0.0496. The number of nitrogens with zero attached hydrogens (tertiary/aromatic N) is 3. The van der Waals surface area contributed by atoms with Gasteiger partial charge in [-0.15, -0.1) is 5.10 Å². The summed E-state index contributed by atoms with van der Waals surface area (Å²) in [5, 5.41) is 7.70. The molecule has 0 N–H and O–H groups in total. The molecule has 1 aliphatic heterocycles. The molecular formula is C16H17N3O3. The molecule has 114 valence electrons. The van der Waals surface area contributed by atoms with Gasteiger partial charge in [0.05, 0.1) is 12.8 Å². The number of piperidine rings is 1. The quantitative estimate of drug-likeness (QED) is 0.809. The average Bonchev–Trinajstić information content (AvgIpc) is 3.07. The number of amides is 1. The van der Waals surface area contributed by atoms with E-state index in [0.29, 0.717) is 18.2 Å². The second kappa shape index (κ2) is 6.89. The first kappa shape index (κ1) is 14.3. The van der Waals surface area contributed by atoms with E-state index in [1.807, 2.05) is 0 Å². The standard InChI is InChI=1S/C16H17N3O3/c20-16(8-7-13-5-3-11-21-13)19-10-2-4-14(12-19)22-15-6-1-9-17-18-15/h1,3,5-9,11,14H,2,4,10,12H2/b8-7+. The summed E-state index contributed by atoms with van der Waals surface area (Å²) in [6.07, 6.45) is 8.15. The molecule has 1 saturated heterocycles. The summed E-state index contributed by atoms with van der Waals surface area (Å²) in [5.74, 6) is 1.12. The summed E-state index contributed by atoms with van der Waals surface area (Å²) in [7, 11) is 0. The van der Waals surface area contributed by atoms with Crippen LogP contribution in [-0.2, 0) is 4.79 Å². The predicted octanol–water partition coefficient (Wildman–Crippen LogP) is 2.15. The van der Waals surface area contributed by atoms with Crippen molar-refractivity contribution in [2.24, 2.45) is 0 Å². The van der Waals surface area contributed by atoms with Crippen LogP contribution in [0.3, 0.4) is 0 Å². The molecular weight excluding hydrogens is 282 g/mol. The Morgan fingerprint density at radius 3 is 3.14 bits per heavy atom. The highest BCUT2D eigenvalue weighted by molar-refractivity contribution is 5.91. The Balaban J connectivity index is 1.57. The lowest BCUT2D eigenvalue weighted by Gasteiger charge is -2.31. The number of aromatic nitrogens is 2. The van der Waals surface area contributed by atoms with Crippen molar-refractivity contribution in [1.82, 2.24) is 15.1 Å². The fourth-order valence-electron chi connectivity index (χ4n) is 2.40. The zero-order valence-corrected chi connectivity index (χ0v) is 12.1. The van der Waals surface area contributed by atoms with E-state index in [9.17, 15) is 4.79 Å². The van der Waals surface area contributed by atoms with Crippen LogP contribution in [-0.4, -0.2) is 40.2 Å². The fourth-order valence-corrected chi connectivity index (χ4v) is 2.40. The Morgan fingerprint density at radius 2 is 2.36 bits per heavy atom. The Kier molecular flexibility index (Phi) is 4.48. The molecule has 3 heterocycles. The monoisotopic (exact) mass is 299 g/mol. The number of likely N-dealkylation sites (tertiary alicyclic amines) is 1. The molecule has 0 saturated carbocycles. The van der Waals surface area contributed by atoms with Crippen molar-refractivity contribution in [3.05, 3.63) is 48.6 Å². The molecule has 1 aliphatic rings. The molecule has 6 heteroatoms. The molecule has 1 amide bonds. The maximum atomic E-state index is 12.2. The maximum absolute atomic E-state index is 12.2. The van der Waals surface area contributed by atoms with Gasteiger partial charge < -0.3 is 14.1 Å². The highest BCUT2D eigenvalue weighted by Gasteiger charge is 2.24. The van der Waals surface area contributed by atoms with Gasteiger partial charge in [0.15, 0.2) is 0 Å². The zero-order valence-electron chi connectivity index (χ0n) is 12.1. The van der Waals surface area contributed by atoms with E-state index >= 15 is 0 Å². The van der Waals surface area contributed by atoms with E-state index in [-0.39, 0.29) is 12.0 Å². The lowest BCUT2D eigenvalue weighted by atomic mass is 10.1. The van der Waals surface area contributed by atoms with Crippen molar-refractivity contribution >= 4 is 12.0 Å². The van der Waals surface area contributed by atoms with Crippen molar-refractivity contribution in [3.63, 3.8) is 0 Å². The van der Waals surface area contributed by atoms with E-state index in [1.165, 1.54) is 6.08 Å². The molecule has 2 aromatic rings. The normalized spacial score (nSPS) is 18.5. The van der Waals surface area contributed by atoms with Crippen molar-refractivity contribution < 1.29 is 13.9 Å². The number of hydrogen-bond donors (Lipinski definition) is 0. The van der Waals surface area contributed by atoms with Crippen molar-refractivity contribution in [1.29, 1.82) is 0 Å². The van der Waals surface area contributed by atoms with Crippen molar-refractivity contribution in [2.45, 2.75) is 18.9 Å². The molecule has 1 unspecified atom stereocenters. The molecule has 3 rings (SSSR count). The van der Waals surface area contributed by atoms with Gasteiger partial charge in [-0.1, -0.05) is 0 Å². The van der Waals surface area contributed by atoms with E-state index in [4.69, 9.17) is 9.15 Å². The van der Waals surface area contributed by atoms with E-state index in [2.05, 4.69) is 10.2 Å². The van der Waals surface area contributed by atoms with Crippen molar-refractivity contribution in [3.8, 4) is 5.88 Å². The first-order valence-electron chi connectivity index (χ1n) is 7.26. The second-order valence-electron chi connectivity index (χ2n) is 5.08. The zero-order chi connectivity index (χ0) is 15.2. The molecule has 0 spiro atoms. The summed E-state index contributed by atoms with van der Waals surface area (Å²) in [6.45, 7) is 1.29. The van der Waals surface area contributed by atoms with Gasteiger partial charge in [-0.2, -0.15) is 5.10 Å². The summed E-state index contributed by atoms with van der Waals surface area (Å²) in [5.41, 5.74) is 0. The van der Waals surface area contributed by atoms with Crippen LogP contribution in [0, 0.1) is 0 Å². The summed E-state index contributed by atoms with van der Waals surface area (Å²) < 4.78 is 10.9. The van der Waals surface area contributed by atoms with Crippen LogP contribution in [0.4, 0.5) is 0 Å². The van der Waals surface area contributed by atoms with Gasteiger partial charge in [0.25, 0.3) is 0 Å². The van der Waals surface area contributed by atoms with Crippen LogP contribution in [0.2, 0.25) is 0 Å². The van der Waals surface area contributed by atoms with Crippen molar-refractivity contribution in [2.75, 3.05) is 13.1 Å². The lowest BCUT2D eigenvalue weighted by Crippen LogP contribution is -2.43. The molecule has 1 fully saturated rings. The van der Waals surface area contributed by atoms with Gasteiger partial charge in [-0.3, -0.25) is 4.79 Å². The Hall–Kier alpha value is -2.63. The largest absolute Gasteiger partial charge is 0.471 e. The molecule has 0 radical (unpaired) electrons. The van der Waals surface area contributed by atoms with Gasteiger partial charge >= 0.3 is 0 Å². The van der Waals surface area contributed by atoms with Crippen LogP contribution in [0.25, 0.3) is 6.08 Å². The molecule has 1 atom stereocenters. The lowest BCUT2D eigenvalue weighted by molar-refractivity contribution is -0.128. The van der Waals surface area contributed by atoms with Gasteiger partial charge in [0, 0.05) is 24.9 Å². The van der Waals surface area contributed by atoms with Gasteiger partial charge in [0.2, 0.25) is 11.8 Å². The number of carbonyl (C=O) groups is 1. The molecule has 22 heavy (non-hydrogen) atoms. The number of ether oxygens (including phenoxy) is 1. The molecule has 0 bridgehead atoms. The summed E-state index contributed by atoms with van der Waals surface area (Å²) in [6, 6.07) is 7.14. The highest BCUT2D eigenvalue weighted by Crippen LogP contribution is 2.16. The fraction of sp³-hybridized carbons (Fsp3) is 0.312. The smallest absolute Gasteiger partial charge is 0.246 e. The number of rotatable bonds is 4. The van der Waals surface area contributed by atoms with Gasteiger partial charge in [-0.05, 0) is 37.1 Å². The Morgan fingerprint density at radius 1 is 1.41 bits per heavy atom. The topological polar surface area (TPSA) is 68.5 Å². The number of hydrogen-bond acceptors (Lipinski definition) is 5. The molecule has 2 aromatic heterocycles. The third-order valence-electron chi connectivity index (χ3n) is 3.46. The first-order valence-corrected chi connectivity index (χ1v) is 7.26. The average molecular weight is 299 g/mol. The van der Waals surface area contributed by atoms with Crippen LogP contribution in [0.5, 0.6) is 5.88 Å². The van der Waals surface area contributed by atoms with E-state index < -0.39 is 0 Å². The minimum Gasteiger partial charge on any atom is -0.471 e. The Bertz CT molecular complexity index is 625. The van der Waals surface area contributed by atoms with E-state index in [0.717, 1.165) is 19.4 Å². The summed E-state index contributed by atoms with van der Waals surface area (Å²) in [4.78, 5) is 14.0. The Labute approximate surface area is 128 Å². The van der Waals surface area contributed by atoms with E-state index in [1.54, 1.807) is 47.7 Å². The molecule has 0 aromatic carbocycles. The number of furan rings is 1. The first-order chi connectivity index (χ1) is 10.8. The predicted molar refractivity (Wildman–Crippen MR) is 80.0 cm³/mol. The van der Waals surface area contributed by atoms with Gasteiger partial charge in [0.1, 0.15) is 11.9 Å². The third kappa shape index (κ3) is 3.72.